The van der Waals surface area contributed by atoms with Gasteiger partial charge in [-0.1, -0.05) is 50.7 Å². The molecule has 1 amide bonds. The van der Waals surface area contributed by atoms with Gasteiger partial charge in [0.2, 0.25) is 0 Å². The van der Waals surface area contributed by atoms with Gasteiger partial charge in [-0.2, -0.15) is 0 Å². The van der Waals surface area contributed by atoms with Gasteiger partial charge in [0.25, 0.3) is 5.91 Å². The summed E-state index contributed by atoms with van der Waals surface area (Å²) in [7, 11) is 0. The molecule has 0 fully saturated rings. The maximum Gasteiger partial charge on any atom is 0.257 e. The second kappa shape index (κ2) is 6.22. The summed E-state index contributed by atoms with van der Waals surface area (Å²) >= 11 is 21.3. The number of rotatable bonds is 2. The zero-order valence-electron chi connectivity index (χ0n) is 9.88. The minimum absolute atomic E-state index is 0.256. The van der Waals surface area contributed by atoms with E-state index >= 15 is 0 Å². The summed E-state index contributed by atoms with van der Waals surface area (Å²) in [6.07, 6.45) is 0. The Morgan fingerprint density at radius 2 is 1.65 bits per heavy atom. The van der Waals surface area contributed by atoms with Gasteiger partial charge in [-0.15, -0.1) is 0 Å². The summed E-state index contributed by atoms with van der Waals surface area (Å²) in [5.41, 5.74) is 6.68. The molecular weight excluding hydrogens is 386 g/mol. The second-order valence-corrected chi connectivity index (χ2v) is 6.08. The first-order valence-corrected chi connectivity index (χ1v) is 7.32. The number of carbonyl (C=O) groups excluding carboxylic acids is 1. The molecule has 3 N–H and O–H groups in total. The molecule has 0 saturated carbocycles. The third kappa shape index (κ3) is 3.38. The molecule has 0 spiro atoms. The van der Waals surface area contributed by atoms with Gasteiger partial charge in [0.1, 0.15) is 0 Å². The first kappa shape index (κ1) is 15.4. The average molecular weight is 394 g/mol. The van der Waals surface area contributed by atoms with Gasteiger partial charge in [-0.05, 0) is 30.3 Å². The lowest BCUT2D eigenvalue weighted by atomic mass is 10.2. The highest BCUT2D eigenvalue weighted by Gasteiger charge is 2.15. The second-order valence-electron chi connectivity index (χ2n) is 3.94. The van der Waals surface area contributed by atoms with Crippen molar-refractivity contribution in [2.75, 3.05) is 11.1 Å². The largest absolute Gasteiger partial charge is 0.399 e. The maximum atomic E-state index is 12.2. The molecule has 20 heavy (non-hydrogen) atoms. The number of anilines is 2. The van der Waals surface area contributed by atoms with Crippen LogP contribution in [0.5, 0.6) is 0 Å². The van der Waals surface area contributed by atoms with Crippen molar-refractivity contribution in [3.8, 4) is 0 Å². The van der Waals surface area contributed by atoms with Crippen LogP contribution in [-0.2, 0) is 0 Å². The van der Waals surface area contributed by atoms with Crippen LogP contribution in [-0.4, -0.2) is 5.91 Å². The van der Waals surface area contributed by atoms with E-state index < -0.39 is 5.91 Å². The van der Waals surface area contributed by atoms with Crippen LogP contribution in [0, 0.1) is 0 Å². The number of hydrogen-bond acceptors (Lipinski definition) is 2. The number of hydrogen-bond donors (Lipinski definition) is 2. The van der Waals surface area contributed by atoms with Crippen molar-refractivity contribution in [2.45, 2.75) is 0 Å². The summed E-state index contributed by atoms with van der Waals surface area (Å²) in [5.74, 6) is -0.416. The van der Waals surface area contributed by atoms with Crippen LogP contribution < -0.4 is 11.1 Å². The first-order valence-electron chi connectivity index (χ1n) is 5.39. The highest BCUT2D eigenvalue weighted by atomic mass is 79.9. The summed E-state index contributed by atoms with van der Waals surface area (Å²) < 4.78 is 0.719. The summed E-state index contributed by atoms with van der Waals surface area (Å²) in [5, 5.41) is 3.54. The molecule has 0 bridgehead atoms. The van der Waals surface area contributed by atoms with E-state index in [-0.39, 0.29) is 10.6 Å². The minimum atomic E-state index is -0.416. The molecule has 104 valence electrons. The van der Waals surface area contributed by atoms with Crippen molar-refractivity contribution in [3.63, 3.8) is 0 Å². The number of nitrogens with two attached hydrogens (primary N) is 1. The Balaban J connectivity index is 2.33. The molecule has 0 atom stereocenters. The Morgan fingerprint density at radius 3 is 2.20 bits per heavy atom. The molecule has 7 heteroatoms. The number of benzene rings is 2. The molecule has 3 nitrogen and oxygen atoms in total. The SMILES string of the molecule is Nc1ccc(C(=O)Nc2c(Cl)cc(Br)cc2Cl)c(Cl)c1. The van der Waals surface area contributed by atoms with Crippen LogP contribution in [0.2, 0.25) is 15.1 Å². The maximum absolute atomic E-state index is 12.2. The molecule has 2 aromatic rings. The van der Waals surface area contributed by atoms with E-state index in [0.717, 1.165) is 4.47 Å². The average Bonchev–Trinajstić information content (AvgIpc) is 2.33. The smallest absolute Gasteiger partial charge is 0.257 e. The topological polar surface area (TPSA) is 55.1 Å². The lowest BCUT2D eigenvalue weighted by molar-refractivity contribution is 0.102. The highest BCUT2D eigenvalue weighted by Crippen LogP contribution is 2.34. The fourth-order valence-corrected chi connectivity index (χ4v) is 3.14. The van der Waals surface area contributed by atoms with Crippen LogP contribution in [0.25, 0.3) is 0 Å². The molecule has 0 saturated heterocycles. The molecule has 2 aromatic carbocycles. The van der Waals surface area contributed by atoms with Crippen LogP contribution in [0.3, 0.4) is 0 Å². The van der Waals surface area contributed by atoms with Gasteiger partial charge in [0.15, 0.2) is 0 Å². The highest BCUT2D eigenvalue weighted by molar-refractivity contribution is 9.10. The van der Waals surface area contributed by atoms with Gasteiger partial charge in [0.05, 0.1) is 26.3 Å². The fourth-order valence-electron chi connectivity index (χ4n) is 1.56. The number of halogens is 4. The fraction of sp³-hybridized carbons (Fsp3) is 0. The quantitative estimate of drug-likeness (QED) is 0.684. The summed E-state index contributed by atoms with van der Waals surface area (Å²) in [4.78, 5) is 12.2. The molecule has 0 aliphatic rings. The van der Waals surface area contributed by atoms with Crippen LogP contribution in [0.4, 0.5) is 11.4 Å². The van der Waals surface area contributed by atoms with Gasteiger partial charge < -0.3 is 11.1 Å². The standard InChI is InChI=1S/C13H8BrCl3N2O/c14-6-3-10(16)12(11(17)4-6)19-13(20)8-2-1-7(18)5-9(8)15/h1-5H,18H2,(H,19,20). The molecule has 0 heterocycles. The third-order valence-corrected chi connectivity index (χ3v) is 3.85. The minimum Gasteiger partial charge on any atom is -0.399 e. The predicted octanol–water partition coefficient (Wildman–Crippen LogP) is 5.24. The number of nitrogens with one attached hydrogen (secondary N) is 1. The zero-order chi connectivity index (χ0) is 14.9. The Hall–Kier alpha value is -0.940. The Bertz CT molecular complexity index is 668. The molecule has 0 aliphatic carbocycles. The van der Waals surface area contributed by atoms with E-state index in [1.807, 2.05) is 0 Å². The van der Waals surface area contributed by atoms with Gasteiger partial charge in [-0.3, -0.25) is 4.79 Å². The summed E-state index contributed by atoms with van der Waals surface area (Å²) in [6, 6.07) is 7.89. The van der Waals surface area contributed by atoms with E-state index in [1.54, 1.807) is 18.2 Å². The van der Waals surface area contributed by atoms with E-state index in [2.05, 4.69) is 21.2 Å². The van der Waals surface area contributed by atoms with E-state index in [4.69, 9.17) is 40.5 Å². The monoisotopic (exact) mass is 392 g/mol. The van der Waals surface area contributed by atoms with Crippen molar-refractivity contribution in [2.24, 2.45) is 0 Å². The van der Waals surface area contributed by atoms with Crippen LogP contribution in [0.1, 0.15) is 10.4 Å². The lowest BCUT2D eigenvalue weighted by Gasteiger charge is -2.11. The Labute approximate surface area is 139 Å². The predicted molar refractivity (Wildman–Crippen MR) is 88.0 cm³/mol. The molecule has 2 rings (SSSR count). The van der Waals surface area contributed by atoms with Crippen molar-refractivity contribution in [1.82, 2.24) is 0 Å². The molecule has 0 aromatic heterocycles. The third-order valence-electron chi connectivity index (χ3n) is 2.48. The Morgan fingerprint density at radius 1 is 1.05 bits per heavy atom. The summed E-state index contributed by atoms with van der Waals surface area (Å²) in [6.45, 7) is 0. The van der Waals surface area contributed by atoms with E-state index in [9.17, 15) is 4.79 Å². The van der Waals surface area contributed by atoms with Crippen molar-refractivity contribution >= 4 is 68.0 Å². The van der Waals surface area contributed by atoms with Crippen LogP contribution >= 0.6 is 50.7 Å². The lowest BCUT2D eigenvalue weighted by Crippen LogP contribution is -2.13. The number of nitrogen functional groups attached to an aromatic ring is 1. The van der Waals surface area contributed by atoms with Gasteiger partial charge >= 0.3 is 0 Å². The number of carbonyl (C=O) groups is 1. The van der Waals surface area contributed by atoms with Crippen molar-refractivity contribution < 1.29 is 4.79 Å². The normalized spacial score (nSPS) is 10.4. The van der Waals surface area contributed by atoms with Gasteiger partial charge in [0, 0.05) is 10.2 Å². The van der Waals surface area contributed by atoms with Crippen molar-refractivity contribution in [3.05, 3.63) is 55.4 Å². The van der Waals surface area contributed by atoms with E-state index in [1.165, 1.54) is 12.1 Å². The van der Waals surface area contributed by atoms with Crippen LogP contribution in [0.15, 0.2) is 34.8 Å². The molecule has 0 radical (unpaired) electrons. The van der Waals surface area contributed by atoms with Gasteiger partial charge in [-0.25, -0.2) is 0 Å². The molecule has 0 aliphatic heterocycles. The molecular formula is C13H8BrCl3N2O. The zero-order valence-corrected chi connectivity index (χ0v) is 13.7. The Kier molecular flexibility index (Phi) is 4.81. The van der Waals surface area contributed by atoms with E-state index in [0.29, 0.717) is 21.4 Å². The molecule has 0 unspecified atom stereocenters. The first-order chi connectivity index (χ1) is 9.38. The number of amides is 1. The van der Waals surface area contributed by atoms with Crippen molar-refractivity contribution in [1.29, 1.82) is 0 Å².